The summed E-state index contributed by atoms with van der Waals surface area (Å²) in [6, 6.07) is 13.8. The SMILES string of the molecule is COc1ccc2[nH]c(=O)n(Cc3ccc(C)cc3)c2c1. The normalized spacial score (nSPS) is 10.9. The number of hydrogen-bond acceptors (Lipinski definition) is 2. The highest BCUT2D eigenvalue weighted by Crippen LogP contribution is 2.19. The van der Waals surface area contributed by atoms with Crippen molar-refractivity contribution in [1.82, 2.24) is 9.55 Å². The lowest BCUT2D eigenvalue weighted by Crippen LogP contribution is -2.17. The maximum atomic E-state index is 12.1. The maximum absolute atomic E-state index is 12.1. The lowest BCUT2D eigenvalue weighted by molar-refractivity contribution is 0.415. The van der Waals surface area contributed by atoms with Crippen LogP contribution in [0.1, 0.15) is 11.1 Å². The van der Waals surface area contributed by atoms with E-state index in [-0.39, 0.29) is 5.69 Å². The number of H-pyrrole nitrogens is 1. The first-order valence-electron chi connectivity index (χ1n) is 6.49. The molecule has 20 heavy (non-hydrogen) atoms. The van der Waals surface area contributed by atoms with E-state index in [1.165, 1.54) is 5.56 Å². The minimum atomic E-state index is -0.103. The van der Waals surface area contributed by atoms with Gasteiger partial charge in [0.1, 0.15) is 5.75 Å². The monoisotopic (exact) mass is 268 g/mol. The topological polar surface area (TPSA) is 47.0 Å². The van der Waals surface area contributed by atoms with Crippen LogP contribution in [-0.4, -0.2) is 16.7 Å². The van der Waals surface area contributed by atoms with Gasteiger partial charge < -0.3 is 9.72 Å². The second-order valence-corrected chi connectivity index (χ2v) is 4.88. The smallest absolute Gasteiger partial charge is 0.326 e. The van der Waals surface area contributed by atoms with E-state index < -0.39 is 0 Å². The van der Waals surface area contributed by atoms with Crippen molar-refractivity contribution in [1.29, 1.82) is 0 Å². The highest BCUT2D eigenvalue weighted by atomic mass is 16.5. The van der Waals surface area contributed by atoms with E-state index in [2.05, 4.69) is 17.1 Å². The van der Waals surface area contributed by atoms with Crippen molar-refractivity contribution < 1.29 is 4.74 Å². The number of nitrogens with one attached hydrogen (secondary N) is 1. The molecule has 0 atom stereocenters. The summed E-state index contributed by atoms with van der Waals surface area (Å²) >= 11 is 0. The first-order chi connectivity index (χ1) is 9.67. The zero-order chi connectivity index (χ0) is 14.1. The van der Waals surface area contributed by atoms with Crippen LogP contribution in [0.2, 0.25) is 0 Å². The second-order valence-electron chi connectivity index (χ2n) is 4.88. The lowest BCUT2D eigenvalue weighted by atomic mass is 10.1. The molecule has 1 aromatic heterocycles. The standard InChI is InChI=1S/C16H16N2O2/c1-11-3-5-12(6-4-11)10-18-15-9-13(20-2)7-8-14(15)17-16(18)19/h3-9H,10H2,1-2H3,(H,17,19). The van der Waals surface area contributed by atoms with Gasteiger partial charge >= 0.3 is 5.69 Å². The Labute approximate surface area is 116 Å². The third-order valence-corrected chi connectivity index (χ3v) is 3.44. The molecule has 0 saturated carbocycles. The zero-order valence-corrected chi connectivity index (χ0v) is 11.5. The molecule has 1 heterocycles. The van der Waals surface area contributed by atoms with E-state index in [4.69, 9.17) is 4.74 Å². The van der Waals surface area contributed by atoms with Crippen LogP contribution in [0.15, 0.2) is 47.3 Å². The van der Waals surface area contributed by atoms with Crippen molar-refractivity contribution in [2.45, 2.75) is 13.5 Å². The molecule has 0 radical (unpaired) electrons. The Bertz CT molecular complexity index is 797. The number of hydrogen-bond donors (Lipinski definition) is 1. The summed E-state index contributed by atoms with van der Waals surface area (Å²) in [7, 11) is 1.62. The van der Waals surface area contributed by atoms with Crippen molar-refractivity contribution >= 4 is 11.0 Å². The van der Waals surface area contributed by atoms with Crippen LogP contribution in [0.3, 0.4) is 0 Å². The van der Waals surface area contributed by atoms with E-state index in [0.717, 1.165) is 22.3 Å². The summed E-state index contributed by atoms with van der Waals surface area (Å²) in [5.41, 5.74) is 3.88. The van der Waals surface area contributed by atoms with Crippen molar-refractivity contribution in [3.8, 4) is 5.75 Å². The number of aryl methyl sites for hydroxylation is 1. The summed E-state index contributed by atoms with van der Waals surface area (Å²) in [6.07, 6.45) is 0. The fourth-order valence-corrected chi connectivity index (χ4v) is 2.29. The highest BCUT2D eigenvalue weighted by Gasteiger charge is 2.08. The molecule has 4 nitrogen and oxygen atoms in total. The summed E-state index contributed by atoms with van der Waals surface area (Å²) in [5.74, 6) is 0.745. The largest absolute Gasteiger partial charge is 0.497 e. The van der Waals surface area contributed by atoms with Gasteiger partial charge in [0.25, 0.3) is 0 Å². The fraction of sp³-hybridized carbons (Fsp3) is 0.188. The molecule has 0 amide bonds. The average molecular weight is 268 g/mol. The Morgan fingerprint density at radius 3 is 2.60 bits per heavy atom. The number of ether oxygens (including phenoxy) is 1. The second kappa shape index (κ2) is 4.89. The third-order valence-electron chi connectivity index (χ3n) is 3.44. The van der Waals surface area contributed by atoms with Crippen molar-refractivity contribution in [2.75, 3.05) is 7.11 Å². The summed E-state index contributed by atoms with van der Waals surface area (Å²) in [5, 5.41) is 0. The van der Waals surface area contributed by atoms with Gasteiger partial charge in [0.05, 0.1) is 24.7 Å². The number of nitrogens with zero attached hydrogens (tertiary/aromatic N) is 1. The Kier molecular flexibility index (Phi) is 3.06. The summed E-state index contributed by atoms with van der Waals surface area (Å²) in [4.78, 5) is 14.9. The van der Waals surface area contributed by atoms with Crippen LogP contribution in [-0.2, 0) is 6.54 Å². The molecule has 0 fully saturated rings. The molecule has 0 spiro atoms. The predicted octanol–water partition coefficient (Wildman–Crippen LogP) is 2.69. The molecule has 3 aromatic rings. The molecular weight excluding hydrogens is 252 g/mol. The molecule has 0 aliphatic rings. The van der Waals surface area contributed by atoms with Crippen LogP contribution in [0, 0.1) is 6.92 Å². The number of benzene rings is 2. The van der Waals surface area contributed by atoms with Gasteiger partial charge in [-0.1, -0.05) is 29.8 Å². The van der Waals surface area contributed by atoms with Gasteiger partial charge in [-0.2, -0.15) is 0 Å². The summed E-state index contributed by atoms with van der Waals surface area (Å²) in [6.45, 7) is 2.60. The molecule has 0 aliphatic heterocycles. The van der Waals surface area contributed by atoms with E-state index in [9.17, 15) is 4.79 Å². The maximum Gasteiger partial charge on any atom is 0.326 e. The fourth-order valence-electron chi connectivity index (χ4n) is 2.29. The highest BCUT2D eigenvalue weighted by molar-refractivity contribution is 5.77. The molecular formula is C16H16N2O2. The van der Waals surface area contributed by atoms with Crippen molar-refractivity contribution in [3.05, 3.63) is 64.1 Å². The Hall–Kier alpha value is -2.49. The van der Waals surface area contributed by atoms with Crippen LogP contribution < -0.4 is 10.4 Å². The number of aromatic nitrogens is 2. The Morgan fingerprint density at radius 1 is 1.15 bits per heavy atom. The Balaban J connectivity index is 2.08. The van der Waals surface area contributed by atoms with E-state index in [1.807, 2.05) is 37.3 Å². The van der Waals surface area contributed by atoms with Crippen molar-refractivity contribution in [3.63, 3.8) is 0 Å². The van der Waals surface area contributed by atoms with Gasteiger partial charge in [0.15, 0.2) is 0 Å². The van der Waals surface area contributed by atoms with Gasteiger partial charge in [0, 0.05) is 6.07 Å². The number of imidazole rings is 1. The van der Waals surface area contributed by atoms with Gasteiger partial charge in [-0.05, 0) is 24.6 Å². The number of aromatic amines is 1. The molecule has 3 rings (SSSR count). The molecule has 0 bridgehead atoms. The zero-order valence-electron chi connectivity index (χ0n) is 11.5. The average Bonchev–Trinajstić information content (AvgIpc) is 2.77. The van der Waals surface area contributed by atoms with Crippen LogP contribution in [0.5, 0.6) is 5.75 Å². The molecule has 2 aromatic carbocycles. The molecule has 1 N–H and O–H groups in total. The molecule has 102 valence electrons. The number of rotatable bonds is 3. The first kappa shape index (κ1) is 12.5. The molecule has 0 unspecified atom stereocenters. The van der Waals surface area contributed by atoms with Gasteiger partial charge in [0.2, 0.25) is 0 Å². The van der Waals surface area contributed by atoms with Crippen LogP contribution in [0.25, 0.3) is 11.0 Å². The third kappa shape index (κ3) is 2.20. The first-order valence-corrected chi connectivity index (χ1v) is 6.49. The lowest BCUT2D eigenvalue weighted by Gasteiger charge is -2.05. The minimum absolute atomic E-state index is 0.103. The van der Waals surface area contributed by atoms with Crippen LogP contribution in [0.4, 0.5) is 0 Å². The van der Waals surface area contributed by atoms with Crippen molar-refractivity contribution in [2.24, 2.45) is 0 Å². The summed E-state index contributed by atoms with van der Waals surface area (Å²) < 4.78 is 6.95. The molecule has 0 saturated heterocycles. The number of methoxy groups -OCH3 is 1. The van der Waals surface area contributed by atoms with E-state index in [1.54, 1.807) is 11.7 Å². The Morgan fingerprint density at radius 2 is 1.90 bits per heavy atom. The van der Waals surface area contributed by atoms with E-state index >= 15 is 0 Å². The minimum Gasteiger partial charge on any atom is -0.497 e. The van der Waals surface area contributed by atoms with Gasteiger partial charge in [-0.15, -0.1) is 0 Å². The quantitative estimate of drug-likeness (QED) is 0.794. The van der Waals surface area contributed by atoms with Crippen LogP contribution >= 0.6 is 0 Å². The number of fused-ring (bicyclic) bond motifs is 1. The van der Waals surface area contributed by atoms with E-state index in [0.29, 0.717) is 6.54 Å². The van der Waals surface area contributed by atoms with Gasteiger partial charge in [-0.25, -0.2) is 4.79 Å². The molecule has 0 aliphatic carbocycles. The molecule has 4 heteroatoms. The predicted molar refractivity (Wildman–Crippen MR) is 79.4 cm³/mol. The van der Waals surface area contributed by atoms with Gasteiger partial charge in [-0.3, -0.25) is 4.57 Å².